The summed E-state index contributed by atoms with van der Waals surface area (Å²) < 4.78 is 0. The Balaban J connectivity index is 1.98. The molecule has 1 aromatic rings. The molecule has 0 spiro atoms. The van der Waals surface area contributed by atoms with Crippen LogP contribution in [0.1, 0.15) is 38.5 Å². The normalized spacial score (nSPS) is 17.9. The lowest BCUT2D eigenvalue weighted by Gasteiger charge is -2.35. The monoisotopic (exact) mass is 263 g/mol. The Kier molecular flexibility index (Phi) is 4.37. The molecule has 0 radical (unpaired) electrons. The van der Waals surface area contributed by atoms with Crippen molar-refractivity contribution in [3.05, 3.63) is 18.3 Å². The van der Waals surface area contributed by atoms with Gasteiger partial charge in [-0.25, -0.2) is 4.98 Å². The molecule has 104 valence electrons. The van der Waals surface area contributed by atoms with Crippen molar-refractivity contribution in [2.75, 3.05) is 11.9 Å². The zero-order valence-electron chi connectivity index (χ0n) is 11.1. The van der Waals surface area contributed by atoms with E-state index in [0.29, 0.717) is 13.0 Å². The third kappa shape index (κ3) is 3.44. The van der Waals surface area contributed by atoms with Gasteiger partial charge in [0.25, 0.3) is 0 Å². The Morgan fingerprint density at radius 1 is 1.42 bits per heavy atom. The van der Waals surface area contributed by atoms with Crippen molar-refractivity contribution in [1.29, 1.82) is 0 Å². The van der Waals surface area contributed by atoms with Crippen molar-refractivity contribution in [3.8, 4) is 5.75 Å². The molecule has 4 N–H and O–H groups in total. The number of carbonyl (C=O) groups is 1. The fourth-order valence-corrected chi connectivity index (χ4v) is 2.76. The van der Waals surface area contributed by atoms with Gasteiger partial charge in [-0.05, 0) is 36.9 Å². The number of hydrogen-bond acceptors (Lipinski definition) is 4. The number of hydrogen-bond donors (Lipinski definition) is 3. The van der Waals surface area contributed by atoms with Gasteiger partial charge >= 0.3 is 0 Å². The topological polar surface area (TPSA) is 88.2 Å². The summed E-state index contributed by atoms with van der Waals surface area (Å²) in [6.45, 7) is 0.536. The molecule has 1 saturated carbocycles. The molecule has 5 heteroatoms. The van der Waals surface area contributed by atoms with Crippen molar-refractivity contribution in [2.45, 2.75) is 38.5 Å². The van der Waals surface area contributed by atoms with Crippen LogP contribution in [0.15, 0.2) is 18.3 Å². The van der Waals surface area contributed by atoms with Gasteiger partial charge in [0.05, 0.1) is 0 Å². The predicted molar refractivity (Wildman–Crippen MR) is 73.7 cm³/mol. The highest BCUT2D eigenvalue weighted by molar-refractivity contribution is 5.91. The third-order valence-corrected chi connectivity index (χ3v) is 3.93. The van der Waals surface area contributed by atoms with Crippen LogP contribution < -0.4 is 11.1 Å². The fourth-order valence-electron chi connectivity index (χ4n) is 2.76. The summed E-state index contributed by atoms with van der Waals surface area (Å²) in [7, 11) is 0. The quantitative estimate of drug-likeness (QED) is 0.775. The van der Waals surface area contributed by atoms with Gasteiger partial charge in [-0.15, -0.1) is 0 Å². The standard InChI is InChI=1S/C14H21N3O2/c15-10-14(6-2-1-3-7-14)9-12(19)17-13-11(18)5-4-8-16-13/h4-5,8,18H,1-3,6-7,9-10,15H2,(H,16,17,19). The van der Waals surface area contributed by atoms with Gasteiger partial charge in [-0.1, -0.05) is 19.3 Å². The SMILES string of the molecule is NCC1(CC(=O)Nc2ncccc2O)CCCCC1. The summed E-state index contributed by atoms with van der Waals surface area (Å²) in [6, 6.07) is 3.12. The molecule has 19 heavy (non-hydrogen) atoms. The summed E-state index contributed by atoms with van der Waals surface area (Å²) >= 11 is 0. The average molecular weight is 263 g/mol. The molecule has 0 aromatic carbocycles. The van der Waals surface area contributed by atoms with E-state index in [2.05, 4.69) is 10.3 Å². The Bertz CT molecular complexity index is 442. The van der Waals surface area contributed by atoms with Gasteiger partial charge in [-0.2, -0.15) is 0 Å². The summed E-state index contributed by atoms with van der Waals surface area (Å²) in [5, 5.41) is 12.2. The minimum atomic E-state index is -0.124. The number of nitrogens with two attached hydrogens (primary N) is 1. The van der Waals surface area contributed by atoms with Crippen molar-refractivity contribution >= 4 is 11.7 Å². The molecule has 0 atom stereocenters. The van der Waals surface area contributed by atoms with E-state index < -0.39 is 0 Å². The van der Waals surface area contributed by atoms with Gasteiger partial charge in [0.1, 0.15) is 0 Å². The maximum absolute atomic E-state index is 12.1. The van der Waals surface area contributed by atoms with Crippen LogP contribution in [0.4, 0.5) is 5.82 Å². The van der Waals surface area contributed by atoms with Crippen LogP contribution in [0.3, 0.4) is 0 Å². The number of aromatic hydroxyl groups is 1. The van der Waals surface area contributed by atoms with E-state index in [1.807, 2.05) is 0 Å². The number of nitrogens with one attached hydrogen (secondary N) is 1. The number of rotatable bonds is 4. The predicted octanol–water partition coefficient (Wildman–Crippen LogP) is 2.02. The van der Waals surface area contributed by atoms with E-state index in [1.165, 1.54) is 18.7 Å². The molecule has 1 aliphatic carbocycles. The highest BCUT2D eigenvalue weighted by Crippen LogP contribution is 2.38. The number of amides is 1. The van der Waals surface area contributed by atoms with E-state index in [1.54, 1.807) is 6.07 Å². The number of anilines is 1. The first-order valence-corrected chi connectivity index (χ1v) is 6.79. The summed E-state index contributed by atoms with van der Waals surface area (Å²) in [4.78, 5) is 16.0. The minimum Gasteiger partial charge on any atom is -0.504 e. The van der Waals surface area contributed by atoms with Crippen molar-refractivity contribution < 1.29 is 9.90 Å². The van der Waals surface area contributed by atoms with Crippen LogP contribution in [0.2, 0.25) is 0 Å². The number of carbonyl (C=O) groups excluding carboxylic acids is 1. The zero-order chi connectivity index (χ0) is 13.7. The number of pyridine rings is 1. The van der Waals surface area contributed by atoms with Crippen LogP contribution in [-0.4, -0.2) is 22.5 Å². The van der Waals surface area contributed by atoms with E-state index in [4.69, 9.17) is 5.73 Å². The lowest BCUT2D eigenvalue weighted by Crippen LogP contribution is -2.36. The highest BCUT2D eigenvalue weighted by atomic mass is 16.3. The molecule has 2 rings (SSSR count). The first-order valence-electron chi connectivity index (χ1n) is 6.79. The van der Waals surface area contributed by atoms with E-state index in [9.17, 15) is 9.90 Å². The molecular weight excluding hydrogens is 242 g/mol. The molecule has 0 aliphatic heterocycles. The molecule has 1 heterocycles. The third-order valence-electron chi connectivity index (χ3n) is 3.93. The lowest BCUT2D eigenvalue weighted by atomic mass is 9.71. The molecule has 0 unspecified atom stereocenters. The highest BCUT2D eigenvalue weighted by Gasteiger charge is 2.33. The maximum Gasteiger partial charge on any atom is 0.226 e. The zero-order valence-corrected chi connectivity index (χ0v) is 11.1. The van der Waals surface area contributed by atoms with Crippen molar-refractivity contribution in [1.82, 2.24) is 4.98 Å². The summed E-state index contributed by atoms with van der Waals surface area (Å²) in [5.74, 6) is 0.0816. The van der Waals surface area contributed by atoms with Crippen LogP contribution in [0, 0.1) is 5.41 Å². The van der Waals surface area contributed by atoms with Crippen LogP contribution in [-0.2, 0) is 4.79 Å². The number of aromatic nitrogens is 1. The minimum absolute atomic E-state index is 0.0127. The molecule has 5 nitrogen and oxygen atoms in total. The molecule has 1 aromatic heterocycles. The molecule has 1 fully saturated rings. The Morgan fingerprint density at radius 2 is 2.16 bits per heavy atom. The number of nitrogens with zero attached hydrogens (tertiary/aromatic N) is 1. The Labute approximate surface area is 113 Å². The largest absolute Gasteiger partial charge is 0.504 e. The van der Waals surface area contributed by atoms with Crippen LogP contribution in [0.25, 0.3) is 0 Å². The van der Waals surface area contributed by atoms with E-state index >= 15 is 0 Å². The molecule has 0 bridgehead atoms. The second kappa shape index (κ2) is 6.02. The summed E-state index contributed by atoms with van der Waals surface area (Å²) in [5.41, 5.74) is 5.79. The van der Waals surface area contributed by atoms with Crippen LogP contribution in [0.5, 0.6) is 5.75 Å². The lowest BCUT2D eigenvalue weighted by molar-refractivity contribution is -0.118. The molecule has 0 saturated heterocycles. The molecule has 1 amide bonds. The molecule has 1 aliphatic rings. The smallest absolute Gasteiger partial charge is 0.226 e. The van der Waals surface area contributed by atoms with Gasteiger partial charge in [-0.3, -0.25) is 4.79 Å². The van der Waals surface area contributed by atoms with Crippen LogP contribution >= 0.6 is 0 Å². The average Bonchev–Trinajstić information content (AvgIpc) is 2.42. The first-order chi connectivity index (χ1) is 9.15. The first kappa shape index (κ1) is 13.8. The second-order valence-corrected chi connectivity index (χ2v) is 5.36. The van der Waals surface area contributed by atoms with Gasteiger partial charge in [0.2, 0.25) is 5.91 Å². The van der Waals surface area contributed by atoms with Crippen molar-refractivity contribution in [3.63, 3.8) is 0 Å². The Morgan fingerprint density at radius 3 is 2.79 bits per heavy atom. The second-order valence-electron chi connectivity index (χ2n) is 5.36. The van der Waals surface area contributed by atoms with Gasteiger partial charge in [0.15, 0.2) is 11.6 Å². The molecular formula is C14H21N3O2. The van der Waals surface area contributed by atoms with Crippen molar-refractivity contribution in [2.24, 2.45) is 11.1 Å². The fraction of sp³-hybridized carbons (Fsp3) is 0.571. The Hall–Kier alpha value is -1.62. The maximum atomic E-state index is 12.1. The van der Waals surface area contributed by atoms with E-state index in [-0.39, 0.29) is 22.9 Å². The van der Waals surface area contributed by atoms with E-state index in [0.717, 1.165) is 25.7 Å². The van der Waals surface area contributed by atoms with Gasteiger partial charge < -0.3 is 16.2 Å². The summed E-state index contributed by atoms with van der Waals surface area (Å²) in [6.07, 6.45) is 7.45. The van der Waals surface area contributed by atoms with Gasteiger partial charge in [0, 0.05) is 12.6 Å².